The van der Waals surface area contributed by atoms with Crippen LogP contribution in [0.2, 0.25) is 0 Å². The first-order valence-corrected chi connectivity index (χ1v) is 9.35. The van der Waals surface area contributed by atoms with Crippen molar-refractivity contribution in [2.45, 2.75) is 32.2 Å². The molecular weight excluding hydrogens is 356 g/mol. The summed E-state index contributed by atoms with van der Waals surface area (Å²) >= 11 is 0. The molecule has 0 saturated heterocycles. The Morgan fingerprint density at radius 1 is 1.25 bits per heavy atom. The summed E-state index contributed by atoms with van der Waals surface area (Å²) in [6, 6.07) is 7.48. The van der Waals surface area contributed by atoms with Gasteiger partial charge in [0, 0.05) is 36.8 Å². The van der Waals surface area contributed by atoms with Crippen LogP contribution >= 0.6 is 0 Å². The highest BCUT2D eigenvalue weighted by molar-refractivity contribution is 6.06. The van der Waals surface area contributed by atoms with Crippen LogP contribution in [0.5, 0.6) is 11.5 Å². The van der Waals surface area contributed by atoms with E-state index in [1.807, 2.05) is 38.2 Å². The summed E-state index contributed by atoms with van der Waals surface area (Å²) in [5.74, 6) is 1.70. The first-order valence-electron chi connectivity index (χ1n) is 9.35. The molecule has 146 valence electrons. The lowest BCUT2D eigenvalue weighted by Crippen LogP contribution is -2.23. The van der Waals surface area contributed by atoms with Crippen molar-refractivity contribution in [3.63, 3.8) is 0 Å². The molecule has 7 nitrogen and oxygen atoms in total. The van der Waals surface area contributed by atoms with E-state index in [1.54, 1.807) is 18.9 Å². The van der Waals surface area contributed by atoms with Crippen LogP contribution in [0.15, 0.2) is 24.3 Å². The zero-order valence-corrected chi connectivity index (χ0v) is 16.6. The number of amides is 1. The molecule has 1 saturated carbocycles. The van der Waals surface area contributed by atoms with Crippen LogP contribution in [-0.2, 0) is 13.6 Å². The summed E-state index contributed by atoms with van der Waals surface area (Å²) < 4.78 is 12.4. The van der Waals surface area contributed by atoms with Gasteiger partial charge < -0.3 is 14.8 Å². The number of nitrogens with one attached hydrogen (secondary N) is 1. The van der Waals surface area contributed by atoms with Crippen LogP contribution in [0.3, 0.4) is 0 Å². The lowest BCUT2D eigenvalue weighted by molar-refractivity contribution is 0.0952. The number of methoxy groups -OCH3 is 2. The second-order valence-electron chi connectivity index (χ2n) is 7.14. The summed E-state index contributed by atoms with van der Waals surface area (Å²) in [5.41, 5.74) is 4.05. The van der Waals surface area contributed by atoms with Gasteiger partial charge in [0.05, 0.1) is 30.9 Å². The number of aryl methyl sites for hydroxylation is 2. The van der Waals surface area contributed by atoms with Gasteiger partial charge in [-0.3, -0.25) is 9.48 Å². The van der Waals surface area contributed by atoms with Crippen LogP contribution in [-0.4, -0.2) is 34.9 Å². The number of carbonyl (C=O) groups is 1. The summed E-state index contributed by atoms with van der Waals surface area (Å²) in [6.07, 6.45) is 2.25. The van der Waals surface area contributed by atoms with E-state index in [0.29, 0.717) is 29.5 Å². The first-order chi connectivity index (χ1) is 13.5. The fourth-order valence-corrected chi connectivity index (χ4v) is 3.50. The molecule has 0 bridgehead atoms. The molecule has 1 aliphatic carbocycles. The van der Waals surface area contributed by atoms with Crippen LogP contribution in [0, 0.1) is 6.92 Å². The van der Waals surface area contributed by atoms with Crippen molar-refractivity contribution in [3.05, 3.63) is 46.8 Å². The molecule has 2 aromatic heterocycles. The molecule has 0 aliphatic heterocycles. The Bertz CT molecular complexity index is 1050. The van der Waals surface area contributed by atoms with E-state index in [-0.39, 0.29) is 5.91 Å². The van der Waals surface area contributed by atoms with Crippen LogP contribution in [0.1, 0.15) is 46.1 Å². The van der Waals surface area contributed by atoms with Gasteiger partial charge >= 0.3 is 0 Å². The number of hydrogen-bond donors (Lipinski definition) is 1. The smallest absolute Gasteiger partial charge is 0.252 e. The number of fused-ring (bicyclic) bond motifs is 1. The number of hydrogen-bond acceptors (Lipinski definition) is 5. The maximum absolute atomic E-state index is 13.1. The standard InChI is InChI=1S/C21H24N4O3/c1-12-19-16(10-17(13-5-6-13)23-20(19)25(2)24-12)21(26)22-11-14-7-8-15(27-3)9-18(14)28-4/h7-10,13H,5-6,11H2,1-4H3,(H,22,26). The molecule has 0 radical (unpaired) electrons. The van der Waals surface area contributed by atoms with Gasteiger partial charge in [0.1, 0.15) is 11.5 Å². The Kier molecular flexibility index (Phi) is 4.66. The molecule has 1 amide bonds. The lowest BCUT2D eigenvalue weighted by atomic mass is 10.1. The number of pyridine rings is 1. The van der Waals surface area contributed by atoms with Gasteiger partial charge in [0.25, 0.3) is 5.91 Å². The Balaban J connectivity index is 1.64. The second kappa shape index (κ2) is 7.14. The summed E-state index contributed by atoms with van der Waals surface area (Å²) in [5, 5.41) is 8.29. The third-order valence-corrected chi connectivity index (χ3v) is 5.16. The maximum Gasteiger partial charge on any atom is 0.252 e. The predicted octanol–water partition coefficient (Wildman–Crippen LogP) is 3.10. The van der Waals surface area contributed by atoms with E-state index < -0.39 is 0 Å². The number of carbonyl (C=O) groups excluding carboxylic acids is 1. The van der Waals surface area contributed by atoms with E-state index in [2.05, 4.69) is 10.4 Å². The van der Waals surface area contributed by atoms with Crippen molar-refractivity contribution in [2.24, 2.45) is 7.05 Å². The normalized spacial score (nSPS) is 13.6. The van der Waals surface area contributed by atoms with Gasteiger partial charge in [-0.25, -0.2) is 4.98 Å². The molecule has 0 unspecified atom stereocenters. The first kappa shape index (κ1) is 18.3. The molecule has 3 aromatic rings. The summed E-state index contributed by atoms with van der Waals surface area (Å²) in [7, 11) is 5.08. The SMILES string of the molecule is COc1ccc(CNC(=O)c2cc(C3CC3)nc3c2c(C)nn3C)c(OC)c1. The van der Waals surface area contributed by atoms with Crippen molar-refractivity contribution in [1.82, 2.24) is 20.1 Å². The molecule has 4 rings (SSSR count). The minimum atomic E-state index is -0.136. The fourth-order valence-electron chi connectivity index (χ4n) is 3.50. The molecule has 1 aliphatic rings. The summed E-state index contributed by atoms with van der Waals surface area (Å²) in [4.78, 5) is 17.8. The Hall–Kier alpha value is -3.09. The number of nitrogens with zero attached hydrogens (tertiary/aromatic N) is 3. The molecule has 1 aromatic carbocycles. The molecule has 7 heteroatoms. The van der Waals surface area contributed by atoms with Crippen LogP contribution < -0.4 is 14.8 Å². The largest absolute Gasteiger partial charge is 0.497 e. The maximum atomic E-state index is 13.1. The summed E-state index contributed by atoms with van der Waals surface area (Å²) in [6.45, 7) is 2.26. The average Bonchev–Trinajstić information content (AvgIpc) is 3.51. The zero-order valence-electron chi connectivity index (χ0n) is 16.6. The highest BCUT2D eigenvalue weighted by Crippen LogP contribution is 2.40. The molecule has 0 spiro atoms. The van der Waals surface area contributed by atoms with Gasteiger partial charge in [0.2, 0.25) is 0 Å². The Morgan fingerprint density at radius 3 is 2.71 bits per heavy atom. The Labute approximate surface area is 163 Å². The fraction of sp³-hybridized carbons (Fsp3) is 0.381. The van der Waals surface area contributed by atoms with Gasteiger partial charge in [-0.2, -0.15) is 5.10 Å². The van der Waals surface area contributed by atoms with E-state index in [4.69, 9.17) is 14.5 Å². The highest BCUT2D eigenvalue weighted by atomic mass is 16.5. The number of ether oxygens (including phenoxy) is 2. The Morgan fingerprint density at radius 2 is 2.04 bits per heavy atom. The van der Waals surface area contributed by atoms with Crippen molar-refractivity contribution in [1.29, 1.82) is 0 Å². The monoisotopic (exact) mass is 380 g/mol. The molecular formula is C21H24N4O3. The minimum absolute atomic E-state index is 0.136. The molecule has 28 heavy (non-hydrogen) atoms. The third-order valence-electron chi connectivity index (χ3n) is 5.16. The molecule has 0 atom stereocenters. The predicted molar refractivity (Wildman–Crippen MR) is 106 cm³/mol. The lowest BCUT2D eigenvalue weighted by Gasteiger charge is -2.12. The van der Waals surface area contributed by atoms with E-state index >= 15 is 0 Å². The molecule has 1 fully saturated rings. The van der Waals surface area contributed by atoms with Crippen LogP contribution in [0.4, 0.5) is 0 Å². The van der Waals surface area contributed by atoms with Crippen molar-refractivity contribution >= 4 is 16.9 Å². The van der Waals surface area contributed by atoms with Gasteiger partial charge in [-0.1, -0.05) is 0 Å². The second-order valence-corrected chi connectivity index (χ2v) is 7.14. The number of rotatable bonds is 6. The van der Waals surface area contributed by atoms with Crippen molar-refractivity contribution in [3.8, 4) is 11.5 Å². The quantitative estimate of drug-likeness (QED) is 0.711. The number of aromatic nitrogens is 3. The topological polar surface area (TPSA) is 78.3 Å². The van der Waals surface area contributed by atoms with Crippen LogP contribution in [0.25, 0.3) is 11.0 Å². The zero-order chi connectivity index (χ0) is 19.8. The highest BCUT2D eigenvalue weighted by Gasteiger charge is 2.28. The van der Waals surface area contributed by atoms with E-state index in [0.717, 1.165) is 40.8 Å². The molecule has 2 heterocycles. The van der Waals surface area contributed by atoms with Crippen molar-refractivity contribution < 1.29 is 14.3 Å². The van der Waals surface area contributed by atoms with E-state index in [1.165, 1.54) is 0 Å². The van der Waals surface area contributed by atoms with Gasteiger partial charge in [-0.15, -0.1) is 0 Å². The minimum Gasteiger partial charge on any atom is -0.497 e. The van der Waals surface area contributed by atoms with Gasteiger partial charge in [-0.05, 0) is 38.0 Å². The van der Waals surface area contributed by atoms with E-state index in [9.17, 15) is 4.79 Å². The average molecular weight is 380 g/mol. The van der Waals surface area contributed by atoms with Gasteiger partial charge in [0.15, 0.2) is 5.65 Å². The van der Waals surface area contributed by atoms with Crippen molar-refractivity contribution in [2.75, 3.05) is 14.2 Å². The number of benzene rings is 1. The third kappa shape index (κ3) is 3.28. The molecule has 1 N–H and O–H groups in total.